The molecule has 6 nitrogen and oxygen atoms in total. The van der Waals surface area contributed by atoms with Crippen LogP contribution in [0.15, 0.2) is 18.6 Å². The SMILES string of the molecule is CS(=O)(=O)N1CCC(NCc2cnccn2)CC1. The smallest absolute Gasteiger partial charge is 0.211 e. The highest BCUT2D eigenvalue weighted by Crippen LogP contribution is 2.13. The fraction of sp³-hybridized carbons (Fsp3) is 0.636. The minimum absolute atomic E-state index is 0.352. The zero-order valence-electron chi connectivity index (χ0n) is 10.4. The van der Waals surface area contributed by atoms with Crippen molar-refractivity contribution in [2.75, 3.05) is 19.3 Å². The van der Waals surface area contributed by atoms with Gasteiger partial charge in [-0.25, -0.2) is 12.7 Å². The lowest BCUT2D eigenvalue weighted by Gasteiger charge is -2.30. The van der Waals surface area contributed by atoms with Gasteiger partial charge in [-0.05, 0) is 12.8 Å². The van der Waals surface area contributed by atoms with E-state index in [4.69, 9.17) is 0 Å². The molecule has 0 aliphatic carbocycles. The van der Waals surface area contributed by atoms with Crippen molar-refractivity contribution in [1.29, 1.82) is 0 Å². The van der Waals surface area contributed by atoms with E-state index < -0.39 is 10.0 Å². The highest BCUT2D eigenvalue weighted by molar-refractivity contribution is 7.88. The van der Waals surface area contributed by atoms with Crippen molar-refractivity contribution in [2.45, 2.75) is 25.4 Å². The molecule has 0 spiro atoms. The van der Waals surface area contributed by atoms with Gasteiger partial charge in [-0.3, -0.25) is 9.97 Å². The Morgan fingerprint density at radius 2 is 2.11 bits per heavy atom. The van der Waals surface area contributed by atoms with Gasteiger partial charge < -0.3 is 5.32 Å². The Bertz CT molecular complexity index is 469. The maximum Gasteiger partial charge on any atom is 0.211 e. The van der Waals surface area contributed by atoms with Crippen molar-refractivity contribution >= 4 is 10.0 Å². The van der Waals surface area contributed by atoms with Gasteiger partial charge in [0, 0.05) is 44.3 Å². The molecule has 0 atom stereocenters. The molecule has 2 heterocycles. The van der Waals surface area contributed by atoms with E-state index in [0.29, 0.717) is 25.7 Å². The van der Waals surface area contributed by atoms with Crippen molar-refractivity contribution in [3.05, 3.63) is 24.3 Å². The number of hydrogen-bond acceptors (Lipinski definition) is 5. The summed E-state index contributed by atoms with van der Waals surface area (Å²) >= 11 is 0. The Hall–Kier alpha value is -1.05. The number of nitrogens with one attached hydrogen (secondary N) is 1. The van der Waals surface area contributed by atoms with Crippen molar-refractivity contribution in [3.63, 3.8) is 0 Å². The molecular formula is C11H18N4O2S. The molecule has 1 aromatic rings. The van der Waals surface area contributed by atoms with Gasteiger partial charge in [0.25, 0.3) is 0 Å². The normalized spacial score (nSPS) is 18.9. The average Bonchev–Trinajstić information content (AvgIpc) is 2.37. The standard InChI is InChI=1S/C11H18N4O2S/c1-18(16,17)15-6-2-10(3-7-15)14-9-11-8-12-4-5-13-11/h4-5,8,10,14H,2-3,6-7,9H2,1H3. The van der Waals surface area contributed by atoms with Crippen molar-refractivity contribution in [3.8, 4) is 0 Å². The molecule has 0 amide bonds. The molecular weight excluding hydrogens is 252 g/mol. The Kier molecular flexibility index (Phi) is 4.26. The van der Waals surface area contributed by atoms with Gasteiger partial charge in [-0.1, -0.05) is 0 Å². The lowest BCUT2D eigenvalue weighted by Crippen LogP contribution is -2.44. The van der Waals surface area contributed by atoms with Crippen LogP contribution in [0.3, 0.4) is 0 Å². The van der Waals surface area contributed by atoms with Gasteiger partial charge in [0.2, 0.25) is 10.0 Å². The number of sulfonamides is 1. The first-order valence-corrected chi connectivity index (χ1v) is 7.84. The van der Waals surface area contributed by atoms with Crippen LogP contribution in [-0.2, 0) is 16.6 Å². The second-order valence-electron chi connectivity index (χ2n) is 4.51. The molecule has 1 aromatic heterocycles. The van der Waals surface area contributed by atoms with Gasteiger partial charge in [0.05, 0.1) is 11.9 Å². The number of nitrogens with zero attached hydrogens (tertiary/aromatic N) is 3. The van der Waals surface area contributed by atoms with E-state index in [-0.39, 0.29) is 0 Å². The molecule has 0 bridgehead atoms. The van der Waals surface area contributed by atoms with E-state index in [1.807, 2.05) is 0 Å². The lowest BCUT2D eigenvalue weighted by molar-refractivity contribution is 0.289. The quantitative estimate of drug-likeness (QED) is 0.833. The zero-order chi connectivity index (χ0) is 13.0. The molecule has 7 heteroatoms. The molecule has 18 heavy (non-hydrogen) atoms. The first kappa shape index (κ1) is 13.4. The molecule has 0 saturated carbocycles. The second kappa shape index (κ2) is 5.73. The first-order chi connectivity index (χ1) is 8.55. The van der Waals surface area contributed by atoms with E-state index in [1.165, 1.54) is 10.6 Å². The highest BCUT2D eigenvalue weighted by Gasteiger charge is 2.24. The fourth-order valence-electron chi connectivity index (χ4n) is 2.06. The Morgan fingerprint density at radius 3 is 2.67 bits per heavy atom. The zero-order valence-corrected chi connectivity index (χ0v) is 11.2. The Balaban J connectivity index is 1.78. The number of aromatic nitrogens is 2. The summed E-state index contributed by atoms with van der Waals surface area (Å²) in [4.78, 5) is 8.19. The number of piperidine rings is 1. The van der Waals surface area contributed by atoms with E-state index in [0.717, 1.165) is 18.5 Å². The van der Waals surface area contributed by atoms with Gasteiger partial charge in [0.15, 0.2) is 0 Å². The van der Waals surface area contributed by atoms with Crippen molar-refractivity contribution in [1.82, 2.24) is 19.6 Å². The van der Waals surface area contributed by atoms with Crippen LogP contribution in [0.5, 0.6) is 0 Å². The Morgan fingerprint density at radius 1 is 1.39 bits per heavy atom. The van der Waals surface area contributed by atoms with E-state index in [2.05, 4.69) is 15.3 Å². The molecule has 1 aliphatic heterocycles. The van der Waals surface area contributed by atoms with Crippen LogP contribution in [0.25, 0.3) is 0 Å². The maximum absolute atomic E-state index is 11.4. The molecule has 0 radical (unpaired) electrons. The minimum Gasteiger partial charge on any atom is -0.308 e. The summed E-state index contributed by atoms with van der Waals surface area (Å²) in [6.07, 6.45) is 8.00. The summed E-state index contributed by atoms with van der Waals surface area (Å²) < 4.78 is 24.3. The highest BCUT2D eigenvalue weighted by atomic mass is 32.2. The van der Waals surface area contributed by atoms with Crippen LogP contribution < -0.4 is 5.32 Å². The third-order valence-electron chi connectivity index (χ3n) is 3.11. The predicted molar refractivity (Wildman–Crippen MR) is 68.3 cm³/mol. The number of rotatable bonds is 4. The summed E-state index contributed by atoms with van der Waals surface area (Å²) in [5.41, 5.74) is 0.906. The molecule has 100 valence electrons. The summed E-state index contributed by atoms with van der Waals surface area (Å²) in [7, 11) is -3.03. The average molecular weight is 270 g/mol. The van der Waals surface area contributed by atoms with Crippen LogP contribution in [0.2, 0.25) is 0 Å². The van der Waals surface area contributed by atoms with Crippen molar-refractivity contribution in [2.24, 2.45) is 0 Å². The topological polar surface area (TPSA) is 75.2 Å². The van der Waals surface area contributed by atoms with E-state index in [1.54, 1.807) is 18.6 Å². The third-order valence-corrected chi connectivity index (χ3v) is 4.41. The van der Waals surface area contributed by atoms with Crippen LogP contribution in [0.4, 0.5) is 0 Å². The summed E-state index contributed by atoms with van der Waals surface area (Å²) in [6.45, 7) is 1.87. The molecule has 1 fully saturated rings. The maximum atomic E-state index is 11.4. The fourth-order valence-corrected chi connectivity index (χ4v) is 2.94. The van der Waals surface area contributed by atoms with Gasteiger partial charge in [-0.15, -0.1) is 0 Å². The van der Waals surface area contributed by atoms with Crippen LogP contribution in [0.1, 0.15) is 18.5 Å². The van der Waals surface area contributed by atoms with Gasteiger partial charge >= 0.3 is 0 Å². The summed E-state index contributed by atoms with van der Waals surface area (Å²) in [6, 6.07) is 0.352. The van der Waals surface area contributed by atoms with Gasteiger partial charge in [0.1, 0.15) is 0 Å². The van der Waals surface area contributed by atoms with E-state index >= 15 is 0 Å². The van der Waals surface area contributed by atoms with Crippen molar-refractivity contribution < 1.29 is 8.42 Å². The number of hydrogen-bond donors (Lipinski definition) is 1. The molecule has 1 saturated heterocycles. The minimum atomic E-state index is -3.03. The first-order valence-electron chi connectivity index (χ1n) is 5.99. The molecule has 0 aromatic carbocycles. The van der Waals surface area contributed by atoms with Crippen LogP contribution in [-0.4, -0.2) is 48.1 Å². The molecule has 1 aliphatic rings. The van der Waals surface area contributed by atoms with E-state index in [9.17, 15) is 8.42 Å². The predicted octanol–water partition coefficient (Wildman–Crippen LogP) is -0.00980. The summed E-state index contributed by atoms with van der Waals surface area (Å²) in [5.74, 6) is 0. The summed E-state index contributed by atoms with van der Waals surface area (Å²) in [5, 5.41) is 3.39. The third kappa shape index (κ3) is 3.72. The monoisotopic (exact) mass is 270 g/mol. The lowest BCUT2D eigenvalue weighted by atomic mass is 10.1. The molecule has 0 unspecified atom stereocenters. The largest absolute Gasteiger partial charge is 0.308 e. The van der Waals surface area contributed by atoms with Gasteiger partial charge in [-0.2, -0.15) is 0 Å². The Labute approximate surface area is 107 Å². The van der Waals surface area contributed by atoms with Crippen LogP contribution in [0, 0.1) is 0 Å². The molecule has 1 N–H and O–H groups in total. The molecule has 2 rings (SSSR count). The second-order valence-corrected chi connectivity index (χ2v) is 6.50. The van der Waals surface area contributed by atoms with Crippen LogP contribution >= 0.6 is 0 Å².